The molecule has 0 saturated carbocycles. The number of anilines is 1. The molecule has 2 aliphatic heterocycles. The molecule has 0 radical (unpaired) electrons. The summed E-state index contributed by atoms with van der Waals surface area (Å²) >= 11 is 4.74. The topological polar surface area (TPSA) is 258 Å². The fourth-order valence-corrected chi connectivity index (χ4v) is 8.08. The number of aliphatic carboxylic acids is 1. The second-order valence-electron chi connectivity index (χ2n) is 9.92. The van der Waals surface area contributed by atoms with Gasteiger partial charge in [0.25, 0.3) is 11.8 Å². The van der Waals surface area contributed by atoms with Crippen LogP contribution in [0, 0.1) is 5.41 Å². The molecule has 3 aromatic rings. The van der Waals surface area contributed by atoms with Crippen LogP contribution in [0.15, 0.2) is 43.7 Å². The molecule has 0 bridgehead atoms. The van der Waals surface area contributed by atoms with Gasteiger partial charge in [-0.25, -0.2) is 10.4 Å². The first-order chi connectivity index (χ1) is 22.0. The zero-order valence-corrected chi connectivity index (χ0v) is 29.8. The third kappa shape index (κ3) is 8.34. The van der Waals surface area contributed by atoms with Crippen molar-refractivity contribution >= 4 is 86.9 Å². The summed E-state index contributed by atoms with van der Waals surface area (Å²) in [5.41, 5.74) is 8.27. The Labute approximate surface area is 304 Å². The molecule has 6 N–H and O–H groups in total. The number of nitrogens with two attached hydrogens (primary N) is 1. The van der Waals surface area contributed by atoms with E-state index in [4.69, 9.17) is 10.6 Å². The van der Waals surface area contributed by atoms with E-state index in [1.807, 2.05) is 0 Å². The summed E-state index contributed by atoms with van der Waals surface area (Å²) in [4.78, 5) is 61.8. The van der Waals surface area contributed by atoms with Gasteiger partial charge in [0.2, 0.25) is 12.0 Å². The molecule has 2 saturated heterocycles. The number of aromatic hydroxyl groups is 2. The average molecular weight is 730 g/mol. The molecule has 4 atom stereocenters. The Bertz CT molecular complexity index is 1710. The number of carbonyl (C=O) groups is 4. The van der Waals surface area contributed by atoms with Crippen LogP contribution in [0.1, 0.15) is 18.2 Å². The van der Waals surface area contributed by atoms with E-state index in [0.717, 1.165) is 11.3 Å². The van der Waals surface area contributed by atoms with Crippen molar-refractivity contribution in [2.45, 2.75) is 28.8 Å². The molecule has 0 spiro atoms. The number of carboxylic acid groups (broad SMARTS) is 1. The van der Waals surface area contributed by atoms with E-state index in [9.17, 15) is 34.5 Å². The fraction of sp³-hybridized carbons (Fsp3) is 0.320. The summed E-state index contributed by atoms with van der Waals surface area (Å²) in [6, 6.07) is 2.96. The number of nitrogens with zero attached hydrogens (tertiary/aromatic N) is 6. The summed E-state index contributed by atoms with van der Waals surface area (Å²) in [5, 5.41) is 50.1. The molecule has 1 aromatic carbocycles. The van der Waals surface area contributed by atoms with Crippen LogP contribution in [0.4, 0.5) is 5.13 Å². The molecule has 5 rings (SSSR count). The van der Waals surface area contributed by atoms with Gasteiger partial charge < -0.3 is 40.9 Å². The van der Waals surface area contributed by atoms with Crippen LogP contribution < -0.4 is 51.1 Å². The Kier molecular flexibility index (Phi) is 12.1. The van der Waals surface area contributed by atoms with Gasteiger partial charge in [-0.15, -0.1) is 33.3 Å². The van der Waals surface area contributed by atoms with Crippen LogP contribution in [-0.4, -0.2) is 101 Å². The van der Waals surface area contributed by atoms with E-state index >= 15 is 0 Å². The first kappa shape index (κ1) is 36.4. The van der Waals surface area contributed by atoms with Crippen molar-refractivity contribution in [3.8, 4) is 11.5 Å². The quantitative estimate of drug-likeness (QED) is 0.0299. The van der Waals surface area contributed by atoms with Gasteiger partial charge in [-0.3, -0.25) is 14.4 Å². The van der Waals surface area contributed by atoms with Crippen molar-refractivity contribution < 1.29 is 68.9 Å². The predicted molar refractivity (Wildman–Crippen MR) is 167 cm³/mol. The molecule has 2 aliphatic rings. The Morgan fingerprint density at radius 2 is 2.11 bits per heavy atom. The monoisotopic (exact) mass is 729 g/mol. The molecule has 2 fully saturated rings. The predicted octanol–water partition coefficient (Wildman–Crippen LogP) is -3.82. The number of carboxylic acids is 1. The minimum Gasteiger partial charge on any atom is -0.549 e. The molecule has 2 aromatic heterocycles. The summed E-state index contributed by atoms with van der Waals surface area (Å²) < 4.78 is 0.597. The maximum absolute atomic E-state index is 13.3. The van der Waals surface area contributed by atoms with Crippen LogP contribution in [0.2, 0.25) is 0 Å². The van der Waals surface area contributed by atoms with E-state index in [1.54, 1.807) is 0 Å². The number of aromatic nitrogens is 3. The van der Waals surface area contributed by atoms with E-state index < -0.39 is 46.6 Å². The van der Waals surface area contributed by atoms with Crippen molar-refractivity contribution in [1.82, 2.24) is 30.8 Å². The molecule has 17 nitrogen and oxygen atoms in total. The number of thiazole rings is 1. The SMILES string of the molecule is CC(ON=C(C(=O)NC1C(=O)N2CC(CSc3nncs3)(C(=O)[O-])CS[C@H]12)c1csc(N)n1)C(=O)NN=Cc1ccc(O)c(O)c1.[Na+]. The third-order valence-corrected chi connectivity index (χ3v) is 11.1. The number of hydrogen-bond acceptors (Lipinski definition) is 18. The number of β-lactam (4-membered cyclic amide) rings is 1. The van der Waals surface area contributed by atoms with Crippen LogP contribution >= 0.6 is 46.2 Å². The van der Waals surface area contributed by atoms with Gasteiger partial charge in [-0.2, -0.15) is 5.10 Å². The molecule has 3 amide bonds. The van der Waals surface area contributed by atoms with Crippen molar-refractivity contribution in [3.05, 3.63) is 40.3 Å². The fourth-order valence-electron chi connectivity index (χ4n) is 4.20. The summed E-state index contributed by atoms with van der Waals surface area (Å²) in [5.74, 6) is -3.74. The number of rotatable bonds is 12. The number of amides is 3. The number of oxime groups is 1. The van der Waals surface area contributed by atoms with E-state index in [0.29, 0.717) is 9.90 Å². The van der Waals surface area contributed by atoms with Gasteiger partial charge in [0.05, 0.1) is 12.2 Å². The average Bonchev–Trinajstić information content (AvgIpc) is 3.72. The van der Waals surface area contributed by atoms with Gasteiger partial charge >= 0.3 is 29.6 Å². The molecular formula is C25H24N9NaO8S4. The second-order valence-corrected chi connectivity index (χ2v) is 14.0. The number of nitrogen functional groups attached to an aromatic ring is 1. The van der Waals surface area contributed by atoms with Crippen LogP contribution in [-0.2, 0) is 24.0 Å². The number of hydrogen-bond donors (Lipinski definition) is 5. The summed E-state index contributed by atoms with van der Waals surface area (Å²) in [6.07, 6.45) is -0.0184. The van der Waals surface area contributed by atoms with Gasteiger partial charge in [0, 0.05) is 28.8 Å². The van der Waals surface area contributed by atoms with E-state index in [-0.39, 0.29) is 75.6 Å². The van der Waals surface area contributed by atoms with Crippen molar-refractivity contribution in [1.29, 1.82) is 0 Å². The van der Waals surface area contributed by atoms with Gasteiger partial charge in [-0.1, -0.05) is 28.3 Å². The molecule has 22 heteroatoms. The Morgan fingerprint density at radius 3 is 2.77 bits per heavy atom. The number of fused-ring (bicyclic) bond motifs is 1. The minimum atomic E-state index is -1.33. The molecule has 3 unspecified atom stereocenters. The normalized spacial score (nSPS) is 21.3. The smallest absolute Gasteiger partial charge is 0.549 e. The Morgan fingerprint density at radius 1 is 1.32 bits per heavy atom. The minimum absolute atomic E-state index is 0. The largest absolute Gasteiger partial charge is 1.00 e. The number of hydrazone groups is 1. The summed E-state index contributed by atoms with van der Waals surface area (Å²) in [7, 11) is 0. The van der Waals surface area contributed by atoms with E-state index in [2.05, 4.69) is 36.2 Å². The maximum atomic E-state index is 13.3. The third-order valence-electron chi connectivity index (χ3n) is 6.72. The number of nitrogens with one attached hydrogen (secondary N) is 2. The second kappa shape index (κ2) is 15.6. The van der Waals surface area contributed by atoms with Gasteiger partial charge in [0.1, 0.15) is 22.6 Å². The number of benzene rings is 1. The van der Waals surface area contributed by atoms with Crippen LogP contribution in [0.3, 0.4) is 0 Å². The molecule has 4 heterocycles. The molecule has 47 heavy (non-hydrogen) atoms. The number of phenols is 2. The van der Waals surface area contributed by atoms with Crippen molar-refractivity contribution in [3.63, 3.8) is 0 Å². The zero-order valence-electron chi connectivity index (χ0n) is 24.6. The maximum Gasteiger partial charge on any atom is 1.00 e. The zero-order chi connectivity index (χ0) is 33.0. The molecular weight excluding hydrogens is 706 g/mol. The molecule has 242 valence electrons. The first-order valence-electron chi connectivity index (χ1n) is 13.1. The standard InChI is InChI=1S/C25H25N9O8S4.Na/c1-11(18(37)31-27-5-12-2-3-14(35)15(36)4-12)42-33-16(13-6-43-23(26)29-13)19(38)30-17-20(39)34-7-25(22(40)41,8-44-21(17)34)9-45-24-32-28-10-46-24;/h2-6,10-11,17,21,35-36H,7-9H2,1H3,(H2,26,29)(H,30,38)(H,31,37)(H,40,41);/q;+1/p-1/t11?,17?,21-,25?;/m1./s1. The van der Waals surface area contributed by atoms with Crippen LogP contribution in [0.5, 0.6) is 11.5 Å². The number of carbonyl (C=O) groups excluding carboxylic acids is 4. The van der Waals surface area contributed by atoms with Gasteiger partial charge in [-0.05, 0) is 30.7 Å². The number of phenolic OH excluding ortho intramolecular Hbond substituents is 2. The van der Waals surface area contributed by atoms with Crippen LogP contribution in [0.25, 0.3) is 0 Å². The first-order valence-corrected chi connectivity index (χ1v) is 16.9. The number of thioether (sulfide) groups is 2. The Hall–Kier alpha value is -3.47. The van der Waals surface area contributed by atoms with Crippen molar-refractivity contribution in [2.75, 3.05) is 23.8 Å². The Balaban J connectivity index is 0.00000500. The summed E-state index contributed by atoms with van der Waals surface area (Å²) in [6.45, 7) is 1.25. The molecule has 0 aliphatic carbocycles. The van der Waals surface area contributed by atoms with Gasteiger partial charge in [0.15, 0.2) is 26.7 Å². The van der Waals surface area contributed by atoms with E-state index in [1.165, 1.54) is 82.0 Å². The van der Waals surface area contributed by atoms with Crippen molar-refractivity contribution in [2.24, 2.45) is 15.7 Å².